The molecule has 0 spiro atoms. The molecule has 0 radical (unpaired) electrons. The molecule has 7 heteroatoms. The van der Waals surface area contributed by atoms with Crippen LogP contribution in [0.5, 0.6) is 0 Å². The number of amides is 1. The van der Waals surface area contributed by atoms with Crippen LogP contribution in [0.4, 0.5) is 11.4 Å². The van der Waals surface area contributed by atoms with E-state index < -0.39 is 9.84 Å². The van der Waals surface area contributed by atoms with Gasteiger partial charge in [-0.05, 0) is 24.6 Å². The molecule has 0 saturated carbocycles. The lowest BCUT2D eigenvalue weighted by Crippen LogP contribution is -2.35. The van der Waals surface area contributed by atoms with Crippen LogP contribution < -0.4 is 16.8 Å². The van der Waals surface area contributed by atoms with Crippen LogP contribution in [0.25, 0.3) is 0 Å². The van der Waals surface area contributed by atoms with E-state index in [1.54, 1.807) is 6.07 Å². The fourth-order valence-corrected chi connectivity index (χ4v) is 3.66. The average Bonchev–Trinajstić information content (AvgIpc) is 2.56. The fraction of sp³-hybridized carbons (Fsp3) is 0.364. The van der Waals surface area contributed by atoms with Crippen LogP contribution in [-0.4, -0.2) is 31.9 Å². The second kappa shape index (κ2) is 4.49. The number of rotatable bonds is 2. The van der Waals surface area contributed by atoms with E-state index in [2.05, 4.69) is 5.32 Å². The van der Waals surface area contributed by atoms with Gasteiger partial charge in [-0.2, -0.15) is 0 Å². The first kappa shape index (κ1) is 12.7. The Bertz CT molecular complexity index is 563. The van der Waals surface area contributed by atoms with Gasteiger partial charge in [0.15, 0.2) is 9.84 Å². The first-order chi connectivity index (χ1) is 8.35. The van der Waals surface area contributed by atoms with Crippen LogP contribution in [0, 0.1) is 0 Å². The van der Waals surface area contributed by atoms with E-state index in [0.717, 1.165) is 0 Å². The Labute approximate surface area is 105 Å². The van der Waals surface area contributed by atoms with E-state index in [-0.39, 0.29) is 23.5 Å². The highest BCUT2D eigenvalue weighted by Crippen LogP contribution is 2.15. The van der Waals surface area contributed by atoms with Crippen LogP contribution in [0.3, 0.4) is 0 Å². The van der Waals surface area contributed by atoms with Crippen molar-refractivity contribution in [1.29, 1.82) is 0 Å². The summed E-state index contributed by atoms with van der Waals surface area (Å²) in [5.74, 6) is -0.232. The maximum atomic E-state index is 11.9. The number of nitrogens with one attached hydrogen (secondary N) is 1. The molecule has 98 valence electrons. The zero-order valence-corrected chi connectivity index (χ0v) is 10.5. The molecule has 2 rings (SSSR count). The number of carbonyl (C=O) groups is 1. The van der Waals surface area contributed by atoms with Crippen molar-refractivity contribution in [3.05, 3.63) is 23.8 Å². The van der Waals surface area contributed by atoms with E-state index in [0.29, 0.717) is 23.4 Å². The monoisotopic (exact) mass is 269 g/mol. The lowest BCUT2D eigenvalue weighted by atomic mass is 10.1. The molecule has 1 atom stereocenters. The van der Waals surface area contributed by atoms with Gasteiger partial charge in [-0.1, -0.05) is 0 Å². The van der Waals surface area contributed by atoms with Crippen LogP contribution in [0.2, 0.25) is 0 Å². The van der Waals surface area contributed by atoms with Crippen LogP contribution >= 0.6 is 0 Å². The van der Waals surface area contributed by atoms with Crippen molar-refractivity contribution in [3.63, 3.8) is 0 Å². The normalized spacial score (nSPS) is 21.7. The summed E-state index contributed by atoms with van der Waals surface area (Å²) >= 11 is 0. The first-order valence-electron chi connectivity index (χ1n) is 5.53. The van der Waals surface area contributed by atoms with E-state index >= 15 is 0 Å². The van der Waals surface area contributed by atoms with Crippen LogP contribution in [0.15, 0.2) is 18.2 Å². The predicted octanol–water partition coefficient (Wildman–Crippen LogP) is -0.232. The Morgan fingerprint density at radius 2 is 1.83 bits per heavy atom. The number of carbonyl (C=O) groups excluding carboxylic acids is 1. The number of nitrogens with two attached hydrogens (primary N) is 2. The van der Waals surface area contributed by atoms with Crippen molar-refractivity contribution in [2.45, 2.75) is 12.5 Å². The molecule has 5 N–H and O–H groups in total. The van der Waals surface area contributed by atoms with Crippen molar-refractivity contribution in [2.24, 2.45) is 0 Å². The largest absolute Gasteiger partial charge is 0.399 e. The van der Waals surface area contributed by atoms with Gasteiger partial charge in [-0.15, -0.1) is 0 Å². The lowest BCUT2D eigenvalue weighted by molar-refractivity contribution is 0.0941. The van der Waals surface area contributed by atoms with Crippen molar-refractivity contribution in [2.75, 3.05) is 23.0 Å². The summed E-state index contributed by atoms with van der Waals surface area (Å²) in [5, 5.41) is 2.68. The summed E-state index contributed by atoms with van der Waals surface area (Å²) in [5.41, 5.74) is 12.3. The fourth-order valence-electron chi connectivity index (χ4n) is 1.99. The van der Waals surface area contributed by atoms with E-state index in [4.69, 9.17) is 11.5 Å². The third-order valence-corrected chi connectivity index (χ3v) is 4.58. The zero-order chi connectivity index (χ0) is 13.3. The highest BCUT2D eigenvalue weighted by molar-refractivity contribution is 7.91. The Morgan fingerprint density at radius 3 is 2.33 bits per heavy atom. The zero-order valence-electron chi connectivity index (χ0n) is 9.72. The van der Waals surface area contributed by atoms with Gasteiger partial charge in [0.25, 0.3) is 5.91 Å². The van der Waals surface area contributed by atoms with Gasteiger partial charge < -0.3 is 16.8 Å². The number of nitrogen functional groups attached to an aromatic ring is 2. The predicted molar refractivity (Wildman–Crippen MR) is 69.8 cm³/mol. The summed E-state index contributed by atoms with van der Waals surface area (Å²) in [4.78, 5) is 11.9. The Kier molecular flexibility index (Phi) is 3.16. The minimum Gasteiger partial charge on any atom is -0.399 e. The molecule has 1 amide bonds. The quantitative estimate of drug-likeness (QED) is 0.641. The summed E-state index contributed by atoms with van der Waals surface area (Å²) in [6.07, 6.45) is 0.450. The second-order valence-electron chi connectivity index (χ2n) is 4.46. The molecule has 1 aliphatic heterocycles. The summed E-state index contributed by atoms with van der Waals surface area (Å²) in [6, 6.07) is 4.24. The number of hydrogen-bond acceptors (Lipinski definition) is 5. The summed E-state index contributed by atoms with van der Waals surface area (Å²) in [6.45, 7) is 0. The third kappa shape index (κ3) is 2.92. The molecule has 1 aromatic carbocycles. The maximum Gasteiger partial charge on any atom is 0.251 e. The topological polar surface area (TPSA) is 115 Å². The van der Waals surface area contributed by atoms with Gasteiger partial charge in [-0.25, -0.2) is 8.42 Å². The lowest BCUT2D eigenvalue weighted by Gasteiger charge is -2.11. The Hall–Kier alpha value is -1.76. The van der Waals surface area contributed by atoms with Gasteiger partial charge in [0.05, 0.1) is 11.5 Å². The van der Waals surface area contributed by atoms with Gasteiger partial charge in [0.1, 0.15) is 0 Å². The van der Waals surface area contributed by atoms with Crippen molar-refractivity contribution in [3.8, 4) is 0 Å². The van der Waals surface area contributed by atoms with Gasteiger partial charge in [-0.3, -0.25) is 4.79 Å². The number of hydrogen-bond donors (Lipinski definition) is 3. The SMILES string of the molecule is Nc1cc(N)cc(C(=O)NC2CCS(=O)(=O)C2)c1. The third-order valence-electron chi connectivity index (χ3n) is 2.81. The molecule has 0 aliphatic carbocycles. The number of anilines is 2. The molecule has 0 aromatic heterocycles. The molecule has 1 unspecified atom stereocenters. The molecule has 1 heterocycles. The van der Waals surface area contributed by atoms with Crippen molar-refractivity contribution in [1.82, 2.24) is 5.32 Å². The van der Waals surface area contributed by atoms with E-state index in [9.17, 15) is 13.2 Å². The highest BCUT2D eigenvalue weighted by Gasteiger charge is 2.29. The first-order valence-corrected chi connectivity index (χ1v) is 7.35. The Morgan fingerprint density at radius 1 is 1.22 bits per heavy atom. The van der Waals surface area contributed by atoms with Crippen LogP contribution in [-0.2, 0) is 9.84 Å². The van der Waals surface area contributed by atoms with Gasteiger partial charge in [0, 0.05) is 23.0 Å². The molecule has 1 fully saturated rings. The van der Waals surface area contributed by atoms with Crippen LogP contribution in [0.1, 0.15) is 16.8 Å². The standard InChI is InChI=1S/C11H15N3O3S/c12-8-3-7(4-9(13)5-8)11(15)14-10-1-2-18(16,17)6-10/h3-5,10H,1-2,6,12-13H2,(H,14,15). The molecule has 6 nitrogen and oxygen atoms in total. The molecule has 0 bridgehead atoms. The smallest absolute Gasteiger partial charge is 0.251 e. The second-order valence-corrected chi connectivity index (χ2v) is 6.69. The van der Waals surface area contributed by atoms with Gasteiger partial charge in [0.2, 0.25) is 0 Å². The molecule has 1 aromatic rings. The van der Waals surface area contributed by atoms with Crippen molar-refractivity contribution < 1.29 is 13.2 Å². The minimum absolute atomic E-state index is 0.00343. The summed E-state index contributed by atoms with van der Waals surface area (Å²) in [7, 11) is -3.00. The maximum absolute atomic E-state index is 11.9. The molecular weight excluding hydrogens is 254 g/mol. The molecule has 1 aliphatic rings. The number of benzene rings is 1. The molecular formula is C11H15N3O3S. The van der Waals surface area contributed by atoms with Gasteiger partial charge >= 0.3 is 0 Å². The Balaban J connectivity index is 2.08. The van der Waals surface area contributed by atoms with E-state index in [1.807, 2.05) is 0 Å². The minimum atomic E-state index is -3.00. The molecule has 18 heavy (non-hydrogen) atoms. The molecule has 1 saturated heterocycles. The summed E-state index contributed by atoms with van der Waals surface area (Å²) < 4.78 is 22.6. The van der Waals surface area contributed by atoms with Crippen molar-refractivity contribution >= 4 is 27.1 Å². The number of sulfone groups is 1. The van der Waals surface area contributed by atoms with E-state index in [1.165, 1.54) is 12.1 Å². The average molecular weight is 269 g/mol. The highest BCUT2D eigenvalue weighted by atomic mass is 32.2.